The maximum absolute atomic E-state index is 14.1. The molecule has 4 saturated carbocycles. The van der Waals surface area contributed by atoms with Crippen molar-refractivity contribution in [3.63, 3.8) is 0 Å². The van der Waals surface area contributed by atoms with Gasteiger partial charge < -0.3 is 9.47 Å². The van der Waals surface area contributed by atoms with E-state index in [2.05, 4.69) is 13.8 Å². The molecular weight excluding hydrogens is 496 g/mol. The first-order valence-electron chi connectivity index (χ1n) is 15.8. The summed E-state index contributed by atoms with van der Waals surface area (Å²) in [7, 11) is 0. The van der Waals surface area contributed by atoms with Crippen molar-refractivity contribution in [3.8, 4) is 0 Å². The number of Topliss-reactive ketones (excluding diaryl/α,β-unsaturated/α-hetero) is 1. The van der Waals surface area contributed by atoms with Crippen LogP contribution in [0.4, 0.5) is 0 Å². The van der Waals surface area contributed by atoms with Crippen molar-refractivity contribution in [1.29, 1.82) is 0 Å². The molecule has 0 aromatic heterocycles. The number of hydrogen-bond donors (Lipinski definition) is 0. The van der Waals surface area contributed by atoms with Crippen molar-refractivity contribution in [3.05, 3.63) is 71.8 Å². The first-order chi connectivity index (χ1) is 19.3. The highest BCUT2D eigenvalue weighted by atomic mass is 16.6. The van der Waals surface area contributed by atoms with Gasteiger partial charge in [0.05, 0.1) is 0 Å². The zero-order valence-corrected chi connectivity index (χ0v) is 24.5. The fraction of sp³-hybridized carbons (Fsp3) is 0.611. The molecule has 4 aliphatic rings. The highest BCUT2D eigenvalue weighted by Gasteiger charge is 2.62. The Labute approximate surface area is 240 Å². The minimum Gasteiger partial charge on any atom is -0.451 e. The van der Waals surface area contributed by atoms with Crippen molar-refractivity contribution >= 4 is 11.8 Å². The molecule has 0 saturated heterocycles. The Bertz CT molecular complexity index is 1150. The molecule has 4 nitrogen and oxygen atoms in total. The highest BCUT2D eigenvalue weighted by Crippen LogP contribution is 2.67. The summed E-state index contributed by atoms with van der Waals surface area (Å²) in [5, 5.41) is 0. The van der Waals surface area contributed by atoms with Gasteiger partial charge in [-0.05, 0) is 97.5 Å². The number of benzene rings is 2. The third-order valence-electron chi connectivity index (χ3n) is 11.9. The molecule has 0 radical (unpaired) electrons. The number of ether oxygens (including phenoxy) is 2. The van der Waals surface area contributed by atoms with E-state index in [1.54, 1.807) is 0 Å². The second kappa shape index (κ2) is 11.1. The van der Waals surface area contributed by atoms with Gasteiger partial charge in [0, 0.05) is 25.4 Å². The Hall–Kier alpha value is -2.46. The Morgan fingerprint density at radius 2 is 1.50 bits per heavy atom. The molecule has 2 aromatic carbocycles. The molecule has 4 aliphatic carbocycles. The second-order valence-electron chi connectivity index (χ2n) is 13.6. The van der Waals surface area contributed by atoms with Crippen LogP contribution in [0.2, 0.25) is 0 Å². The van der Waals surface area contributed by atoms with Gasteiger partial charge in [0.1, 0.15) is 5.78 Å². The van der Waals surface area contributed by atoms with Crippen LogP contribution in [0.5, 0.6) is 0 Å². The van der Waals surface area contributed by atoms with Crippen molar-refractivity contribution in [2.45, 2.75) is 90.8 Å². The molecule has 0 heterocycles. The smallest absolute Gasteiger partial charge is 0.336 e. The van der Waals surface area contributed by atoms with Crippen molar-refractivity contribution in [1.82, 2.24) is 0 Å². The molecule has 4 heteroatoms. The van der Waals surface area contributed by atoms with Gasteiger partial charge in [0.2, 0.25) is 0 Å². The van der Waals surface area contributed by atoms with Gasteiger partial charge in [-0.25, -0.2) is 4.79 Å². The fourth-order valence-electron chi connectivity index (χ4n) is 9.88. The summed E-state index contributed by atoms with van der Waals surface area (Å²) in [6, 6.07) is 20.1. The highest BCUT2D eigenvalue weighted by molar-refractivity contribution is 5.79. The van der Waals surface area contributed by atoms with Gasteiger partial charge in [-0.3, -0.25) is 4.79 Å². The zero-order valence-electron chi connectivity index (χ0n) is 24.5. The molecule has 2 aromatic rings. The molecule has 4 fully saturated rings. The molecule has 40 heavy (non-hydrogen) atoms. The van der Waals surface area contributed by atoms with Gasteiger partial charge in [-0.2, -0.15) is 0 Å². The third kappa shape index (κ3) is 4.74. The maximum atomic E-state index is 14.1. The predicted octanol–water partition coefficient (Wildman–Crippen LogP) is 7.95. The van der Waals surface area contributed by atoms with Gasteiger partial charge in [-0.15, -0.1) is 0 Å². The number of fused-ring (bicyclic) bond motifs is 5. The Morgan fingerprint density at radius 1 is 0.850 bits per heavy atom. The number of carbonyl (C=O) groups is 2. The minimum atomic E-state index is -0.550. The summed E-state index contributed by atoms with van der Waals surface area (Å²) < 4.78 is 12.7. The Balaban J connectivity index is 1.24. The molecule has 8 atom stereocenters. The molecule has 6 rings (SSSR count). The van der Waals surface area contributed by atoms with Gasteiger partial charge in [-0.1, -0.05) is 74.5 Å². The topological polar surface area (TPSA) is 52.6 Å². The van der Waals surface area contributed by atoms with Gasteiger partial charge in [0.25, 0.3) is 0 Å². The first kappa shape index (κ1) is 27.7. The average Bonchev–Trinajstić information content (AvgIpc) is 3.32. The van der Waals surface area contributed by atoms with Crippen LogP contribution in [0.25, 0.3) is 0 Å². The van der Waals surface area contributed by atoms with Crippen molar-refractivity contribution in [2.24, 2.45) is 40.4 Å². The maximum Gasteiger partial charge on any atom is 0.336 e. The van der Waals surface area contributed by atoms with E-state index in [1.165, 1.54) is 25.7 Å². The summed E-state index contributed by atoms with van der Waals surface area (Å²) in [6.07, 6.45) is 8.58. The summed E-state index contributed by atoms with van der Waals surface area (Å²) in [6.45, 7) is 7.45. The number of carbonyl (C=O) groups excluding carboxylic acids is 2. The molecule has 0 N–H and O–H groups in total. The molecular formula is C36H46O4. The van der Waals surface area contributed by atoms with E-state index in [0.29, 0.717) is 41.5 Å². The summed E-state index contributed by atoms with van der Waals surface area (Å²) in [5.41, 5.74) is 2.32. The average molecular weight is 543 g/mol. The molecule has 0 spiro atoms. The van der Waals surface area contributed by atoms with Crippen LogP contribution in [-0.4, -0.2) is 24.5 Å². The quantitative estimate of drug-likeness (QED) is 0.333. The fourth-order valence-corrected chi connectivity index (χ4v) is 9.88. The van der Waals surface area contributed by atoms with E-state index in [1.807, 2.05) is 67.6 Å². The van der Waals surface area contributed by atoms with Gasteiger partial charge in [0.15, 0.2) is 12.2 Å². The number of ketones is 1. The first-order valence-corrected chi connectivity index (χ1v) is 15.8. The molecule has 0 amide bonds. The summed E-state index contributed by atoms with van der Waals surface area (Å²) >= 11 is 0. The number of hydrogen-bond acceptors (Lipinski definition) is 4. The van der Waals surface area contributed by atoms with E-state index in [9.17, 15) is 9.59 Å². The van der Waals surface area contributed by atoms with Crippen LogP contribution in [0.1, 0.15) is 95.8 Å². The van der Waals surface area contributed by atoms with Crippen molar-refractivity contribution in [2.75, 3.05) is 6.61 Å². The number of esters is 1. The lowest BCUT2D eigenvalue weighted by Crippen LogP contribution is -2.54. The predicted molar refractivity (Wildman–Crippen MR) is 156 cm³/mol. The Morgan fingerprint density at radius 3 is 2.15 bits per heavy atom. The van der Waals surface area contributed by atoms with E-state index in [0.717, 1.165) is 43.2 Å². The van der Waals surface area contributed by atoms with Gasteiger partial charge >= 0.3 is 5.97 Å². The monoisotopic (exact) mass is 542 g/mol. The standard InChI is InChI=1S/C36H46O4/c1-4-39-33(34(38)40-32(24-11-7-5-8-12-24)25-13-9-6-10-14-25)31-18-17-29-28-16-15-26-23-27(37)19-21-35(26,2)30(28)20-22-36(29,31)3/h5-14,26,28-33H,4,15-23H2,1-3H3/t26?,28-,29-,30-,31+,33?,35-,36-/m0/s1. The van der Waals surface area contributed by atoms with Crippen LogP contribution < -0.4 is 0 Å². The van der Waals surface area contributed by atoms with E-state index in [4.69, 9.17) is 9.47 Å². The van der Waals surface area contributed by atoms with Crippen LogP contribution in [0.3, 0.4) is 0 Å². The lowest BCUT2D eigenvalue weighted by molar-refractivity contribution is -0.173. The lowest BCUT2D eigenvalue weighted by atomic mass is 9.44. The van der Waals surface area contributed by atoms with E-state index >= 15 is 0 Å². The lowest BCUT2D eigenvalue weighted by Gasteiger charge is -2.60. The van der Waals surface area contributed by atoms with Crippen LogP contribution in [0, 0.1) is 40.4 Å². The molecule has 2 unspecified atom stereocenters. The van der Waals surface area contributed by atoms with Crippen LogP contribution in [0.15, 0.2) is 60.7 Å². The molecule has 0 aliphatic heterocycles. The van der Waals surface area contributed by atoms with Crippen molar-refractivity contribution < 1.29 is 19.1 Å². The normalized spacial score (nSPS) is 35.9. The van der Waals surface area contributed by atoms with Crippen LogP contribution in [-0.2, 0) is 19.1 Å². The number of rotatable bonds is 7. The third-order valence-corrected chi connectivity index (χ3v) is 11.9. The Kier molecular flexibility index (Phi) is 7.67. The van der Waals surface area contributed by atoms with Crippen LogP contribution >= 0.6 is 0 Å². The SMILES string of the molecule is CCOC(C(=O)OC(c1ccccc1)c1ccccc1)[C@H]1CC[C@H]2[C@@H]3CCC4CC(=O)CC[C@]4(C)[C@H]3CC[C@]12C. The van der Waals surface area contributed by atoms with E-state index in [-0.39, 0.29) is 17.3 Å². The summed E-state index contributed by atoms with van der Waals surface area (Å²) in [4.78, 5) is 26.4. The summed E-state index contributed by atoms with van der Waals surface area (Å²) in [5.74, 6) is 2.99. The largest absolute Gasteiger partial charge is 0.451 e. The second-order valence-corrected chi connectivity index (χ2v) is 13.6. The molecule has 214 valence electrons. The molecule has 0 bridgehead atoms. The van der Waals surface area contributed by atoms with E-state index < -0.39 is 12.2 Å². The zero-order chi connectivity index (χ0) is 27.9. The minimum absolute atomic E-state index is 0.0721.